The maximum atomic E-state index is 13.5. The molecule has 0 saturated heterocycles. The third-order valence-electron chi connectivity index (χ3n) is 1.95. The summed E-state index contributed by atoms with van der Waals surface area (Å²) in [6.45, 7) is 0.0517. The zero-order valence-corrected chi connectivity index (χ0v) is 9.44. The molecule has 1 amide bonds. The number of halogens is 1. The van der Waals surface area contributed by atoms with Gasteiger partial charge in [-0.2, -0.15) is 0 Å². The maximum Gasteiger partial charge on any atom is 0.407 e. The lowest BCUT2D eigenvalue weighted by molar-refractivity contribution is 0.170. The van der Waals surface area contributed by atoms with Crippen LogP contribution in [0.5, 0.6) is 0 Å². The molecular formula is C10H11FN2O2S. The van der Waals surface area contributed by atoms with E-state index < -0.39 is 11.9 Å². The van der Waals surface area contributed by atoms with Crippen LogP contribution >= 0.6 is 12.2 Å². The normalized spacial score (nSPS) is 9.62. The Morgan fingerprint density at radius 1 is 1.62 bits per heavy atom. The number of rotatable bonds is 3. The van der Waals surface area contributed by atoms with Crippen molar-refractivity contribution in [1.29, 1.82) is 0 Å². The highest BCUT2D eigenvalue weighted by Crippen LogP contribution is 2.10. The Morgan fingerprint density at radius 3 is 2.81 bits per heavy atom. The third kappa shape index (κ3) is 3.16. The molecule has 0 aliphatic carbocycles. The number of ether oxygens (including phenoxy) is 1. The first-order valence-corrected chi connectivity index (χ1v) is 4.85. The fourth-order valence-corrected chi connectivity index (χ4v) is 1.21. The summed E-state index contributed by atoms with van der Waals surface area (Å²) in [7, 11) is 1.24. The lowest BCUT2D eigenvalue weighted by Crippen LogP contribution is -2.23. The van der Waals surface area contributed by atoms with E-state index in [9.17, 15) is 9.18 Å². The van der Waals surface area contributed by atoms with Crippen LogP contribution in [0.2, 0.25) is 0 Å². The molecule has 1 aromatic carbocycles. The van der Waals surface area contributed by atoms with Crippen LogP contribution in [-0.4, -0.2) is 18.2 Å². The quantitative estimate of drug-likeness (QED) is 0.784. The predicted octanol–water partition coefficient (Wildman–Crippen LogP) is 1.32. The van der Waals surface area contributed by atoms with E-state index in [0.29, 0.717) is 11.1 Å². The van der Waals surface area contributed by atoms with E-state index in [1.807, 2.05) is 0 Å². The van der Waals surface area contributed by atoms with Gasteiger partial charge in [-0.15, -0.1) is 0 Å². The SMILES string of the molecule is COC(=O)NCc1ccc(C(N)=S)cc1F. The molecule has 0 aromatic heterocycles. The van der Waals surface area contributed by atoms with Crippen molar-refractivity contribution in [3.63, 3.8) is 0 Å². The minimum atomic E-state index is -0.613. The van der Waals surface area contributed by atoms with Gasteiger partial charge in [0, 0.05) is 17.7 Å². The molecule has 0 saturated carbocycles. The first kappa shape index (κ1) is 12.4. The van der Waals surface area contributed by atoms with Crippen LogP contribution in [0.25, 0.3) is 0 Å². The molecule has 0 radical (unpaired) electrons. The molecule has 3 N–H and O–H groups in total. The van der Waals surface area contributed by atoms with Crippen molar-refractivity contribution in [2.45, 2.75) is 6.54 Å². The van der Waals surface area contributed by atoms with Gasteiger partial charge in [0.05, 0.1) is 7.11 Å². The van der Waals surface area contributed by atoms with Gasteiger partial charge in [0.15, 0.2) is 0 Å². The number of methoxy groups -OCH3 is 1. The van der Waals surface area contributed by atoms with Crippen molar-refractivity contribution in [1.82, 2.24) is 5.32 Å². The monoisotopic (exact) mass is 242 g/mol. The minimum absolute atomic E-state index is 0.0517. The smallest absolute Gasteiger partial charge is 0.407 e. The Labute approximate surface area is 97.6 Å². The molecule has 0 aliphatic heterocycles. The lowest BCUT2D eigenvalue weighted by atomic mass is 10.1. The molecule has 1 rings (SSSR count). The summed E-state index contributed by atoms with van der Waals surface area (Å²) in [6, 6.07) is 4.34. The van der Waals surface area contributed by atoms with Gasteiger partial charge in [-0.3, -0.25) is 0 Å². The maximum absolute atomic E-state index is 13.5. The van der Waals surface area contributed by atoms with Gasteiger partial charge < -0.3 is 15.8 Å². The Kier molecular flexibility index (Phi) is 4.19. The second kappa shape index (κ2) is 5.41. The van der Waals surface area contributed by atoms with Crippen LogP contribution < -0.4 is 11.1 Å². The molecule has 0 fully saturated rings. The summed E-state index contributed by atoms with van der Waals surface area (Å²) in [5, 5.41) is 2.37. The van der Waals surface area contributed by atoms with E-state index in [0.717, 1.165) is 0 Å². The number of thiocarbonyl (C=S) groups is 1. The van der Waals surface area contributed by atoms with Gasteiger partial charge in [0.2, 0.25) is 0 Å². The first-order chi connectivity index (χ1) is 7.54. The van der Waals surface area contributed by atoms with Crippen LogP contribution in [0, 0.1) is 5.82 Å². The van der Waals surface area contributed by atoms with Crippen LogP contribution in [0.3, 0.4) is 0 Å². The molecule has 16 heavy (non-hydrogen) atoms. The summed E-state index contributed by atoms with van der Waals surface area (Å²) in [5.74, 6) is -0.471. The second-order valence-corrected chi connectivity index (χ2v) is 3.46. The number of carbonyl (C=O) groups excluding carboxylic acids is 1. The molecule has 0 heterocycles. The van der Waals surface area contributed by atoms with Gasteiger partial charge in [-0.25, -0.2) is 9.18 Å². The van der Waals surface area contributed by atoms with E-state index >= 15 is 0 Å². The van der Waals surface area contributed by atoms with Crippen molar-refractivity contribution in [2.24, 2.45) is 5.73 Å². The topological polar surface area (TPSA) is 64.3 Å². The number of amides is 1. The highest BCUT2D eigenvalue weighted by Gasteiger charge is 2.06. The summed E-state index contributed by atoms with van der Waals surface area (Å²) < 4.78 is 17.8. The predicted molar refractivity (Wildman–Crippen MR) is 61.5 cm³/mol. The van der Waals surface area contributed by atoms with E-state index in [1.165, 1.54) is 19.2 Å². The van der Waals surface area contributed by atoms with Crippen molar-refractivity contribution >= 4 is 23.3 Å². The molecule has 0 aliphatic rings. The zero-order chi connectivity index (χ0) is 12.1. The fraction of sp³-hybridized carbons (Fsp3) is 0.200. The largest absolute Gasteiger partial charge is 0.453 e. The van der Waals surface area contributed by atoms with Crippen molar-refractivity contribution in [3.05, 3.63) is 35.1 Å². The van der Waals surface area contributed by atoms with Crippen molar-refractivity contribution in [2.75, 3.05) is 7.11 Å². The van der Waals surface area contributed by atoms with Gasteiger partial charge in [0.25, 0.3) is 0 Å². The van der Waals surface area contributed by atoms with Crippen LogP contribution in [0.4, 0.5) is 9.18 Å². The number of hydrogen-bond acceptors (Lipinski definition) is 3. The highest BCUT2D eigenvalue weighted by atomic mass is 32.1. The Bertz CT molecular complexity index is 423. The summed E-state index contributed by atoms with van der Waals surface area (Å²) >= 11 is 4.71. The van der Waals surface area contributed by atoms with E-state index in [4.69, 9.17) is 18.0 Å². The Hall–Kier alpha value is -1.69. The van der Waals surface area contributed by atoms with Crippen LogP contribution in [-0.2, 0) is 11.3 Å². The molecule has 0 atom stereocenters. The number of carbonyl (C=O) groups is 1. The number of nitrogens with one attached hydrogen (secondary N) is 1. The molecule has 1 aromatic rings. The second-order valence-electron chi connectivity index (χ2n) is 3.02. The van der Waals surface area contributed by atoms with E-state index in [2.05, 4.69) is 10.1 Å². The summed E-state index contributed by atoms with van der Waals surface area (Å²) in [5.41, 5.74) is 6.14. The third-order valence-corrected chi connectivity index (χ3v) is 2.18. The fourth-order valence-electron chi connectivity index (χ4n) is 1.08. The number of benzene rings is 1. The molecular weight excluding hydrogens is 231 g/mol. The summed E-state index contributed by atoms with van der Waals surface area (Å²) in [6.07, 6.45) is -0.613. The molecule has 0 bridgehead atoms. The molecule has 4 nitrogen and oxygen atoms in total. The molecule has 0 unspecified atom stereocenters. The minimum Gasteiger partial charge on any atom is -0.453 e. The van der Waals surface area contributed by atoms with E-state index in [-0.39, 0.29) is 11.5 Å². The molecule has 86 valence electrons. The van der Waals surface area contributed by atoms with Gasteiger partial charge in [-0.1, -0.05) is 24.4 Å². The van der Waals surface area contributed by atoms with Gasteiger partial charge in [0.1, 0.15) is 10.8 Å². The van der Waals surface area contributed by atoms with Gasteiger partial charge in [-0.05, 0) is 6.07 Å². The molecule has 6 heteroatoms. The Balaban J connectivity index is 2.75. The number of hydrogen-bond donors (Lipinski definition) is 2. The standard InChI is InChI=1S/C10H11FN2O2S/c1-15-10(14)13-5-7-3-2-6(9(12)16)4-8(7)11/h2-4H,5H2,1H3,(H2,12,16)(H,13,14). The zero-order valence-electron chi connectivity index (χ0n) is 8.62. The van der Waals surface area contributed by atoms with Crippen molar-refractivity contribution < 1.29 is 13.9 Å². The summed E-state index contributed by atoms with van der Waals surface area (Å²) in [4.78, 5) is 10.9. The number of alkyl carbamates (subject to hydrolysis) is 1. The van der Waals surface area contributed by atoms with Crippen molar-refractivity contribution in [3.8, 4) is 0 Å². The Morgan fingerprint density at radius 2 is 2.31 bits per heavy atom. The molecule has 0 spiro atoms. The van der Waals surface area contributed by atoms with E-state index in [1.54, 1.807) is 6.07 Å². The van der Waals surface area contributed by atoms with Crippen LogP contribution in [0.15, 0.2) is 18.2 Å². The lowest BCUT2D eigenvalue weighted by Gasteiger charge is -2.06. The average Bonchev–Trinajstić information content (AvgIpc) is 2.26. The number of nitrogens with two attached hydrogens (primary N) is 1. The average molecular weight is 242 g/mol. The highest BCUT2D eigenvalue weighted by molar-refractivity contribution is 7.80. The van der Waals surface area contributed by atoms with Crippen LogP contribution in [0.1, 0.15) is 11.1 Å². The van der Waals surface area contributed by atoms with Gasteiger partial charge >= 0.3 is 6.09 Å². The first-order valence-electron chi connectivity index (χ1n) is 4.44.